The van der Waals surface area contributed by atoms with Crippen molar-refractivity contribution in [1.82, 2.24) is 15.0 Å². The molecule has 0 aliphatic carbocycles. The van der Waals surface area contributed by atoms with Crippen molar-refractivity contribution < 1.29 is 23.1 Å². The largest absolute Gasteiger partial charge is 0.481 e. The first kappa shape index (κ1) is 15.6. The number of aliphatic carboxylic acids is 1. The highest BCUT2D eigenvalue weighted by atomic mass is 19.4. The quantitative estimate of drug-likeness (QED) is 0.885. The van der Waals surface area contributed by atoms with Gasteiger partial charge in [-0.3, -0.25) is 4.79 Å². The highest BCUT2D eigenvalue weighted by Gasteiger charge is 2.37. The zero-order chi connectivity index (χ0) is 16.8. The molecule has 2 aromatic heterocycles. The molecule has 2 N–H and O–H groups in total. The number of hydrogen-bond acceptors (Lipinski definition) is 4. The predicted octanol–water partition coefficient (Wildman–Crippen LogP) is 2.59. The van der Waals surface area contributed by atoms with Crippen molar-refractivity contribution in [2.24, 2.45) is 5.92 Å². The van der Waals surface area contributed by atoms with Gasteiger partial charge in [0, 0.05) is 18.8 Å². The second kappa shape index (κ2) is 5.39. The second-order valence-electron chi connectivity index (χ2n) is 5.71. The summed E-state index contributed by atoms with van der Waals surface area (Å²) >= 11 is 0. The fourth-order valence-electron chi connectivity index (χ4n) is 2.86. The zero-order valence-electron chi connectivity index (χ0n) is 12.3. The van der Waals surface area contributed by atoms with Crippen molar-refractivity contribution >= 4 is 22.8 Å². The van der Waals surface area contributed by atoms with E-state index in [1.165, 1.54) is 0 Å². The molecule has 1 aliphatic heterocycles. The summed E-state index contributed by atoms with van der Waals surface area (Å²) in [6.45, 7) is 2.33. The maximum absolute atomic E-state index is 13.0. The molecule has 1 saturated heterocycles. The third kappa shape index (κ3) is 2.95. The van der Waals surface area contributed by atoms with Crippen molar-refractivity contribution in [3.05, 3.63) is 17.6 Å². The van der Waals surface area contributed by atoms with Crippen molar-refractivity contribution in [3.8, 4) is 0 Å². The molecule has 0 amide bonds. The lowest BCUT2D eigenvalue weighted by Crippen LogP contribution is -2.39. The van der Waals surface area contributed by atoms with Crippen molar-refractivity contribution in [2.75, 3.05) is 18.0 Å². The van der Waals surface area contributed by atoms with E-state index in [9.17, 15) is 18.0 Å². The predicted molar refractivity (Wildman–Crippen MR) is 76.2 cm³/mol. The Balaban J connectivity index is 2.09. The third-order valence-electron chi connectivity index (χ3n) is 3.93. The van der Waals surface area contributed by atoms with Crippen LogP contribution in [0.5, 0.6) is 0 Å². The van der Waals surface area contributed by atoms with E-state index in [4.69, 9.17) is 5.11 Å². The fourth-order valence-corrected chi connectivity index (χ4v) is 2.86. The van der Waals surface area contributed by atoms with Gasteiger partial charge in [0.2, 0.25) is 5.82 Å². The molecule has 0 spiro atoms. The Hall–Kier alpha value is -2.32. The summed E-state index contributed by atoms with van der Waals surface area (Å²) in [6, 6.07) is 1.68. The molecule has 3 rings (SSSR count). The van der Waals surface area contributed by atoms with Crippen LogP contribution in [0.2, 0.25) is 0 Å². The maximum atomic E-state index is 13.0. The van der Waals surface area contributed by atoms with Crippen LogP contribution in [0.4, 0.5) is 19.0 Å². The summed E-state index contributed by atoms with van der Waals surface area (Å²) in [7, 11) is 0. The molecule has 0 radical (unpaired) electrons. The summed E-state index contributed by atoms with van der Waals surface area (Å²) in [6.07, 6.45) is -3.56. The lowest BCUT2D eigenvalue weighted by Gasteiger charge is -2.32. The lowest BCUT2D eigenvalue weighted by atomic mass is 9.98. The maximum Gasteiger partial charge on any atom is 0.451 e. The van der Waals surface area contributed by atoms with E-state index in [1.807, 2.05) is 0 Å². The minimum atomic E-state index is -4.66. The van der Waals surface area contributed by atoms with Crippen LogP contribution in [0.3, 0.4) is 0 Å². The number of carboxylic acids is 1. The number of aromatic nitrogens is 3. The number of nitrogens with zero attached hydrogens (tertiary/aromatic N) is 3. The smallest absolute Gasteiger partial charge is 0.451 e. The first-order valence-electron chi connectivity index (χ1n) is 7.18. The summed E-state index contributed by atoms with van der Waals surface area (Å²) in [5.41, 5.74) is 0.777. The van der Waals surface area contributed by atoms with Gasteiger partial charge < -0.3 is 15.0 Å². The van der Waals surface area contributed by atoms with E-state index in [2.05, 4.69) is 15.0 Å². The van der Waals surface area contributed by atoms with Gasteiger partial charge in [0.1, 0.15) is 11.5 Å². The number of anilines is 1. The van der Waals surface area contributed by atoms with Crippen molar-refractivity contribution in [2.45, 2.75) is 25.9 Å². The average Bonchev–Trinajstić information content (AvgIpc) is 2.85. The molecule has 0 bridgehead atoms. The van der Waals surface area contributed by atoms with E-state index < -0.39 is 23.9 Å². The first-order chi connectivity index (χ1) is 10.8. The van der Waals surface area contributed by atoms with Crippen LogP contribution in [0, 0.1) is 12.8 Å². The van der Waals surface area contributed by atoms with Crippen LogP contribution in [0.1, 0.15) is 24.4 Å². The number of hydrogen-bond donors (Lipinski definition) is 2. The van der Waals surface area contributed by atoms with Gasteiger partial charge in [-0.05, 0) is 25.8 Å². The van der Waals surface area contributed by atoms with E-state index in [-0.39, 0.29) is 18.0 Å². The second-order valence-corrected chi connectivity index (χ2v) is 5.71. The van der Waals surface area contributed by atoms with Gasteiger partial charge in [0.05, 0.1) is 11.3 Å². The molecule has 3 heterocycles. The minimum absolute atomic E-state index is 0.109. The van der Waals surface area contributed by atoms with Crippen molar-refractivity contribution in [3.63, 3.8) is 0 Å². The van der Waals surface area contributed by atoms with Crippen LogP contribution in [-0.2, 0) is 11.0 Å². The number of alkyl halides is 3. The number of piperidine rings is 1. The number of carbonyl (C=O) groups is 1. The number of nitrogens with one attached hydrogen (secondary N) is 1. The molecule has 0 saturated carbocycles. The Bertz CT molecular complexity index is 756. The summed E-state index contributed by atoms with van der Waals surface area (Å²) in [5, 5.41) is 9.63. The molecule has 1 atom stereocenters. The third-order valence-corrected chi connectivity index (χ3v) is 3.93. The molecule has 1 unspecified atom stereocenters. The lowest BCUT2D eigenvalue weighted by molar-refractivity contribution is -0.145. The highest BCUT2D eigenvalue weighted by Crippen LogP contribution is 2.33. The van der Waals surface area contributed by atoms with Gasteiger partial charge in [0.15, 0.2) is 0 Å². The topological polar surface area (TPSA) is 82.1 Å². The molecule has 23 heavy (non-hydrogen) atoms. The van der Waals surface area contributed by atoms with Crippen LogP contribution < -0.4 is 4.90 Å². The molecule has 0 aromatic carbocycles. The number of fused-ring (bicyclic) bond motifs is 1. The van der Waals surface area contributed by atoms with Gasteiger partial charge in [-0.25, -0.2) is 9.97 Å². The highest BCUT2D eigenvalue weighted by molar-refractivity contribution is 5.88. The molecule has 124 valence electrons. The monoisotopic (exact) mass is 328 g/mol. The average molecular weight is 328 g/mol. The Morgan fingerprint density at radius 2 is 2.17 bits per heavy atom. The van der Waals surface area contributed by atoms with Gasteiger partial charge in [-0.15, -0.1) is 0 Å². The number of halogens is 3. The zero-order valence-corrected chi connectivity index (χ0v) is 12.3. The van der Waals surface area contributed by atoms with Crippen LogP contribution in [0.25, 0.3) is 11.0 Å². The summed E-state index contributed by atoms with van der Waals surface area (Å²) in [4.78, 5) is 22.8. The summed E-state index contributed by atoms with van der Waals surface area (Å²) in [5.74, 6) is -2.64. The number of aromatic amines is 1. The Kier molecular flexibility index (Phi) is 3.65. The van der Waals surface area contributed by atoms with Crippen LogP contribution in [-0.4, -0.2) is 39.1 Å². The van der Waals surface area contributed by atoms with E-state index in [1.54, 1.807) is 17.9 Å². The normalized spacial score (nSPS) is 19.3. The van der Waals surface area contributed by atoms with E-state index in [0.29, 0.717) is 30.5 Å². The Morgan fingerprint density at radius 3 is 2.83 bits per heavy atom. The minimum Gasteiger partial charge on any atom is -0.481 e. The SMILES string of the molecule is Cc1cc2c(N3CCCC(C(=O)O)C3)nc(C(F)(F)F)nc2[nH]1. The summed E-state index contributed by atoms with van der Waals surface area (Å²) < 4.78 is 39.1. The molecule has 1 fully saturated rings. The molecule has 9 heteroatoms. The molecule has 6 nitrogen and oxygen atoms in total. The standard InChI is InChI=1S/C14H15F3N4O2/c1-7-5-9-10(18-7)19-13(14(15,16)17)20-11(9)21-4-2-3-8(6-21)12(22)23/h5,8H,2-4,6H2,1H3,(H,22,23)(H,18,19,20). The number of aryl methyl sites for hydroxylation is 1. The number of rotatable bonds is 2. The van der Waals surface area contributed by atoms with Gasteiger partial charge in [0.25, 0.3) is 0 Å². The van der Waals surface area contributed by atoms with E-state index >= 15 is 0 Å². The molecule has 2 aromatic rings. The first-order valence-corrected chi connectivity index (χ1v) is 7.18. The molecule has 1 aliphatic rings. The molecular weight excluding hydrogens is 313 g/mol. The molecular formula is C14H15F3N4O2. The fraction of sp³-hybridized carbons (Fsp3) is 0.500. The van der Waals surface area contributed by atoms with Gasteiger partial charge in [-0.2, -0.15) is 13.2 Å². The number of H-pyrrole nitrogens is 1. The Labute approximate surface area is 129 Å². The van der Waals surface area contributed by atoms with Crippen LogP contribution >= 0.6 is 0 Å². The van der Waals surface area contributed by atoms with Gasteiger partial charge in [-0.1, -0.05) is 0 Å². The number of carboxylic acid groups (broad SMARTS) is 1. The van der Waals surface area contributed by atoms with E-state index in [0.717, 1.165) is 0 Å². The van der Waals surface area contributed by atoms with Crippen molar-refractivity contribution in [1.29, 1.82) is 0 Å². The van der Waals surface area contributed by atoms with Gasteiger partial charge >= 0.3 is 12.1 Å². The Morgan fingerprint density at radius 1 is 1.43 bits per heavy atom. The van der Waals surface area contributed by atoms with Crippen LogP contribution in [0.15, 0.2) is 6.07 Å².